The van der Waals surface area contributed by atoms with Crippen LogP contribution in [0.1, 0.15) is 17.7 Å². The molecule has 0 fully saturated rings. The molecule has 0 atom stereocenters. The van der Waals surface area contributed by atoms with Gasteiger partial charge in [0, 0.05) is 23.3 Å². The first kappa shape index (κ1) is 17.3. The lowest BCUT2D eigenvalue weighted by atomic mass is 10.2. The van der Waals surface area contributed by atoms with E-state index in [1.165, 1.54) is 11.3 Å². The molecule has 1 aromatic carbocycles. The highest BCUT2D eigenvalue weighted by Crippen LogP contribution is 2.21. The van der Waals surface area contributed by atoms with E-state index in [1.807, 2.05) is 35.7 Å². The van der Waals surface area contributed by atoms with Crippen LogP contribution >= 0.6 is 23.1 Å². The van der Waals surface area contributed by atoms with Gasteiger partial charge in [-0.2, -0.15) is 16.8 Å². The Morgan fingerprint density at radius 2 is 1.96 bits per heavy atom. The maximum atomic E-state index is 5.94. The van der Waals surface area contributed by atoms with Crippen molar-refractivity contribution in [3.8, 4) is 0 Å². The second-order valence-corrected chi connectivity index (χ2v) is 6.70. The van der Waals surface area contributed by atoms with Crippen LogP contribution < -0.4 is 17.2 Å². The highest BCUT2D eigenvalue weighted by atomic mass is 32.2. The molecule has 0 saturated heterocycles. The smallest absolute Gasteiger partial charge is 0.212 e. The molecule has 8 heteroatoms. The summed E-state index contributed by atoms with van der Waals surface area (Å²) in [6, 6.07) is 10.1. The average Bonchev–Trinajstić information content (AvgIpc) is 2.97. The first-order valence-electron chi connectivity index (χ1n) is 7.08. The zero-order valence-electron chi connectivity index (χ0n) is 12.7. The summed E-state index contributed by atoms with van der Waals surface area (Å²) in [6.07, 6.45) is 0.766. The van der Waals surface area contributed by atoms with E-state index in [-0.39, 0.29) is 5.96 Å². The number of guanidine groups is 1. The van der Waals surface area contributed by atoms with Gasteiger partial charge in [0.25, 0.3) is 0 Å². The number of thioether (sulfide) groups is 1. The Hall–Kier alpha value is -2.06. The van der Waals surface area contributed by atoms with Gasteiger partial charge in [-0.1, -0.05) is 30.3 Å². The van der Waals surface area contributed by atoms with Gasteiger partial charge in [-0.3, -0.25) is 4.99 Å². The summed E-state index contributed by atoms with van der Waals surface area (Å²) in [5.74, 6) is 2.42. The Morgan fingerprint density at radius 3 is 2.70 bits per heavy atom. The van der Waals surface area contributed by atoms with Crippen LogP contribution in [0.15, 0.2) is 45.7 Å². The van der Waals surface area contributed by atoms with E-state index in [0.717, 1.165) is 29.2 Å². The molecule has 0 spiro atoms. The minimum Gasteiger partial charge on any atom is -0.387 e. The largest absolute Gasteiger partial charge is 0.387 e. The van der Waals surface area contributed by atoms with Crippen LogP contribution in [0, 0.1) is 0 Å². The van der Waals surface area contributed by atoms with Crippen LogP contribution in [-0.4, -0.2) is 22.5 Å². The van der Waals surface area contributed by atoms with E-state index in [9.17, 15) is 0 Å². The monoisotopic (exact) mass is 348 g/mol. The molecule has 2 aromatic rings. The molecule has 0 unspecified atom stereocenters. The topological polar surface area (TPSA) is 116 Å². The number of hydrogen-bond donors (Lipinski definition) is 3. The molecule has 0 saturated carbocycles. The second-order valence-electron chi connectivity index (χ2n) is 4.75. The lowest BCUT2D eigenvalue weighted by molar-refractivity contribution is 1.04. The molecule has 0 radical (unpaired) electrons. The molecule has 0 bridgehead atoms. The van der Waals surface area contributed by atoms with Crippen molar-refractivity contribution in [2.75, 3.05) is 5.75 Å². The molecule has 0 aliphatic carbocycles. The number of hydrogen-bond acceptors (Lipinski definition) is 5. The molecular formula is C15H20N6S2. The van der Waals surface area contributed by atoms with Gasteiger partial charge in [-0.05, 0) is 5.56 Å². The summed E-state index contributed by atoms with van der Waals surface area (Å²) < 4.78 is 0. The second kappa shape index (κ2) is 9.16. The predicted molar refractivity (Wildman–Crippen MR) is 100 cm³/mol. The van der Waals surface area contributed by atoms with Gasteiger partial charge >= 0.3 is 0 Å². The van der Waals surface area contributed by atoms with E-state index in [0.29, 0.717) is 17.5 Å². The number of rotatable bonds is 8. The van der Waals surface area contributed by atoms with Crippen molar-refractivity contribution < 1.29 is 0 Å². The minimum absolute atomic E-state index is 0.0287. The Morgan fingerprint density at radius 1 is 1.17 bits per heavy atom. The van der Waals surface area contributed by atoms with E-state index in [1.54, 1.807) is 11.8 Å². The third kappa shape index (κ3) is 6.70. The quantitative estimate of drug-likeness (QED) is 0.384. The van der Waals surface area contributed by atoms with E-state index >= 15 is 0 Å². The van der Waals surface area contributed by atoms with Crippen molar-refractivity contribution in [1.29, 1.82) is 0 Å². The van der Waals surface area contributed by atoms with Crippen LogP contribution in [-0.2, 0) is 12.3 Å². The molecule has 0 amide bonds. The molecule has 0 aliphatic rings. The number of nitrogens with two attached hydrogens (primary N) is 3. The molecule has 6 N–H and O–H groups in total. The number of nitrogens with zero attached hydrogens (tertiary/aromatic N) is 3. The van der Waals surface area contributed by atoms with Crippen molar-refractivity contribution in [3.05, 3.63) is 47.0 Å². The van der Waals surface area contributed by atoms with Gasteiger partial charge in [-0.25, -0.2) is 4.98 Å². The number of aromatic nitrogens is 1. The van der Waals surface area contributed by atoms with Crippen LogP contribution in [0.25, 0.3) is 0 Å². The highest BCUT2D eigenvalue weighted by Gasteiger charge is 2.02. The first-order chi connectivity index (χ1) is 11.1. The zero-order valence-corrected chi connectivity index (χ0v) is 14.3. The number of thiazole rings is 1. The zero-order chi connectivity index (χ0) is 16.5. The standard InChI is InChI=1S/C15H20N6S2/c16-13(19-8-11-4-2-1-3-5-11)6-7-22-9-12-10-23-15(20-12)21-14(17)18/h1-5,10H,6-9H2,(H2,16,19)(H4,17,18,20,21). The molecule has 6 nitrogen and oxygen atoms in total. The van der Waals surface area contributed by atoms with Crippen LogP contribution in [0.5, 0.6) is 0 Å². The summed E-state index contributed by atoms with van der Waals surface area (Å²) in [7, 11) is 0. The minimum atomic E-state index is 0.0287. The molecule has 1 aromatic heterocycles. The molecule has 0 aliphatic heterocycles. The fraction of sp³-hybridized carbons (Fsp3) is 0.267. The van der Waals surface area contributed by atoms with Gasteiger partial charge in [0.2, 0.25) is 5.13 Å². The average molecular weight is 349 g/mol. The fourth-order valence-corrected chi connectivity index (χ4v) is 3.40. The van der Waals surface area contributed by atoms with Gasteiger partial charge in [0.15, 0.2) is 5.96 Å². The highest BCUT2D eigenvalue weighted by molar-refractivity contribution is 7.98. The maximum Gasteiger partial charge on any atom is 0.212 e. The number of benzene rings is 1. The normalized spacial score (nSPS) is 11.4. The van der Waals surface area contributed by atoms with Crippen LogP contribution in [0.3, 0.4) is 0 Å². The van der Waals surface area contributed by atoms with Crippen molar-refractivity contribution >= 4 is 40.0 Å². The lowest BCUT2D eigenvalue weighted by Gasteiger charge is -2.01. The summed E-state index contributed by atoms with van der Waals surface area (Å²) in [5.41, 5.74) is 18.7. The van der Waals surface area contributed by atoms with Crippen molar-refractivity contribution in [2.24, 2.45) is 27.2 Å². The van der Waals surface area contributed by atoms with Gasteiger partial charge in [-0.15, -0.1) is 11.3 Å². The Balaban J connectivity index is 1.68. The van der Waals surface area contributed by atoms with Crippen LogP contribution in [0.4, 0.5) is 5.13 Å². The van der Waals surface area contributed by atoms with Gasteiger partial charge in [0.1, 0.15) is 0 Å². The summed E-state index contributed by atoms with van der Waals surface area (Å²) in [6.45, 7) is 0.630. The van der Waals surface area contributed by atoms with E-state index in [4.69, 9.17) is 17.2 Å². The predicted octanol–water partition coefficient (Wildman–Crippen LogP) is 2.23. The van der Waals surface area contributed by atoms with Crippen molar-refractivity contribution in [3.63, 3.8) is 0 Å². The first-order valence-corrected chi connectivity index (χ1v) is 9.11. The molecule has 2 rings (SSSR count). The molecule has 23 heavy (non-hydrogen) atoms. The molecule has 122 valence electrons. The third-order valence-corrected chi connectivity index (χ3v) is 4.60. The number of aliphatic imine (C=N–C) groups is 2. The molecular weight excluding hydrogens is 328 g/mol. The summed E-state index contributed by atoms with van der Waals surface area (Å²) in [5, 5.41) is 2.55. The summed E-state index contributed by atoms with van der Waals surface area (Å²) in [4.78, 5) is 12.7. The summed E-state index contributed by atoms with van der Waals surface area (Å²) >= 11 is 3.19. The fourth-order valence-electron chi connectivity index (χ4n) is 1.73. The van der Waals surface area contributed by atoms with Gasteiger partial charge in [0.05, 0.1) is 18.1 Å². The maximum absolute atomic E-state index is 5.94. The van der Waals surface area contributed by atoms with Crippen molar-refractivity contribution in [2.45, 2.75) is 18.7 Å². The van der Waals surface area contributed by atoms with Gasteiger partial charge < -0.3 is 17.2 Å². The SMILES string of the molecule is NC(N)=Nc1nc(CSCCC(N)=NCc2ccccc2)cs1. The Kier molecular flexibility index (Phi) is 6.89. The molecule has 1 heterocycles. The Bertz CT molecular complexity index is 662. The Labute approximate surface area is 143 Å². The van der Waals surface area contributed by atoms with Crippen LogP contribution in [0.2, 0.25) is 0 Å². The number of amidine groups is 1. The lowest BCUT2D eigenvalue weighted by Crippen LogP contribution is -2.21. The van der Waals surface area contributed by atoms with Crippen molar-refractivity contribution in [1.82, 2.24) is 4.98 Å². The van der Waals surface area contributed by atoms with E-state index in [2.05, 4.69) is 15.0 Å². The third-order valence-electron chi connectivity index (χ3n) is 2.82. The van der Waals surface area contributed by atoms with E-state index < -0.39 is 0 Å².